The summed E-state index contributed by atoms with van der Waals surface area (Å²) in [6.07, 6.45) is 1.59. The number of nitrogens with zero attached hydrogens (tertiary/aromatic N) is 2. The fourth-order valence-electron chi connectivity index (χ4n) is 2.74. The fraction of sp³-hybridized carbons (Fsp3) is 0.105. The van der Waals surface area contributed by atoms with Gasteiger partial charge < -0.3 is 4.74 Å². The Hall–Kier alpha value is -2.77. The zero-order valence-corrected chi connectivity index (χ0v) is 15.5. The normalized spacial score (nSPS) is 11.0. The molecule has 0 aromatic carbocycles. The summed E-state index contributed by atoms with van der Waals surface area (Å²) in [5.74, 6) is -0.588. The van der Waals surface area contributed by atoms with Crippen molar-refractivity contribution < 1.29 is 14.3 Å². The molecule has 0 fully saturated rings. The highest BCUT2D eigenvalue weighted by molar-refractivity contribution is 7.13. The highest BCUT2D eigenvalue weighted by atomic mass is 32.1. The molecule has 0 amide bonds. The largest absolute Gasteiger partial charge is 0.462 e. The molecule has 130 valence electrons. The Labute approximate surface area is 157 Å². The smallest absolute Gasteiger partial charge is 0.340 e. The molecule has 0 aliphatic heterocycles. The lowest BCUT2D eigenvalue weighted by Gasteiger charge is -2.04. The van der Waals surface area contributed by atoms with Crippen LogP contribution in [0.4, 0.5) is 0 Å². The Bertz CT molecular complexity index is 1080. The van der Waals surface area contributed by atoms with Crippen molar-refractivity contribution in [3.63, 3.8) is 0 Å². The maximum Gasteiger partial charge on any atom is 0.340 e. The fourth-order valence-corrected chi connectivity index (χ4v) is 4.10. The monoisotopic (exact) mass is 382 g/mol. The maximum absolute atomic E-state index is 12.8. The van der Waals surface area contributed by atoms with Crippen molar-refractivity contribution in [2.75, 3.05) is 6.61 Å². The summed E-state index contributed by atoms with van der Waals surface area (Å²) < 4.78 is 6.83. The first kappa shape index (κ1) is 16.7. The van der Waals surface area contributed by atoms with E-state index in [1.165, 1.54) is 11.3 Å². The van der Waals surface area contributed by atoms with Crippen LogP contribution in [0.15, 0.2) is 53.5 Å². The molecule has 0 spiro atoms. The summed E-state index contributed by atoms with van der Waals surface area (Å²) in [7, 11) is 0. The topological polar surface area (TPSA) is 60.7 Å². The molecule has 26 heavy (non-hydrogen) atoms. The van der Waals surface area contributed by atoms with Gasteiger partial charge in [0.2, 0.25) is 5.78 Å². The van der Waals surface area contributed by atoms with Crippen molar-refractivity contribution >= 4 is 39.9 Å². The van der Waals surface area contributed by atoms with Gasteiger partial charge in [-0.15, -0.1) is 22.7 Å². The molecule has 0 aliphatic carbocycles. The average molecular weight is 382 g/mol. The number of hydrogen-bond acceptors (Lipinski definition) is 6. The van der Waals surface area contributed by atoms with Gasteiger partial charge in [0, 0.05) is 0 Å². The van der Waals surface area contributed by atoms with Crippen LogP contribution in [0.3, 0.4) is 0 Å². The van der Waals surface area contributed by atoms with Crippen LogP contribution in [-0.2, 0) is 4.74 Å². The van der Waals surface area contributed by atoms with E-state index in [-0.39, 0.29) is 12.4 Å². The van der Waals surface area contributed by atoms with Gasteiger partial charge in [-0.2, -0.15) is 0 Å². The van der Waals surface area contributed by atoms with E-state index in [9.17, 15) is 9.59 Å². The molecule has 0 saturated heterocycles. The summed E-state index contributed by atoms with van der Waals surface area (Å²) in [6, 6.07) is 10.9. The van der Waals surface area contributed by atoms with Crippen LogP contribution >= 0.6 is 22.7 Å². The second kappa shape index (κ2) is 6.86. The van der Waals surface area contributed by atoms with Crippen molar-refractivity contribution in [2.24, 2.45) is 0 Å². The summed E-state index contributed by atoms with van der Waals surface area (Å²) in [5.41, 5.74) is 2.13. The van der Waals surface area contributed by atoms with Crippen molar-refractivity contribution in [3.05, 3.63) is 69.6 Å². The zero-order chi connectivity index (χ0) is 18.1. The Balaban J connectivity index is 1.90. The highest BCUT2D eigenvalue weighted by Gasteiger charge is 2.22. The molecule has 4 rings (SSSR count). The van der Waals surface area contributed by atoms with E-state index in [4.69, 9.17) is 4.74 Å². The number of carbonyl (C=O) groups excluding carboxylic acids is 2. The Morgan fingerprint density at radius 3 is 2.65 bits per heavy atom. The molecule has 0 atom stereocenters. The van der Waals surface area contributed by atoms with Crippen LogP contribution < -0.4 is 0 Å². The van der Waals surface area contributed by atoms with E-state index in [0.717, 1.165) is 10.6 Å². The van der Waals surface area contributed by atoms with Gasteiger partial charge in [0.1, 0.15) is 6.33 Å². The second-order valence-electron chi connectivity index (χ2n) is 5.48. The molecule has 4 aromatic rings. The lowest BCUT2D eigenvalue weighted by atomic mass is 10.2. The third kappa shape index (κ3) is 2.85. The predicted molar refractivity (Wildman–Crippen MR) is 102 cm³/mol. The lowest BCUT2D eigenvalue weighted by molar-refractivity contribution is 0.0529. The van der Waals surface area contributed by atoms with Gasteiger partial charge in [0.05, 0.1) is 38.8 Å². The van der Waals surface area contributed by atoms with Gasteiger partial charge in [-0.05, 0) is 41.9 Å². The first-order valence-corrected chi connectivity index (χ1v) is 9.75. The molecule has 0 bridgehead atoms. The lowest BCUT2D eigenvalue weighted by Crippen LogP contribution is -2.04. The summed E-state index contributed by atoms with van der Waals surface area (Å²) in [4.78, 5) is 31.3. The van der Waals surface area contributed by atoms with Crippen molar-refractivity contribution in [3.8, 4) is 10.6 Å². The number of fused-ring (bicyclic) bond motifs is 1. The van der Waals surface area contributed by atoms with Crippen molar-refractivity contribution in [1.29, 1.82) is 0 Å². The van der Waals surface area contributed by atoms with Gasteiger partial charge >= 0.3 is 5.97 Å². The summed E-state index contributed by atoms with van der Waals surface area (Å²) >= 11 is 2.93. The van der Waals surface area contributed by atoms with Crippen LogP contribution in [0.1, 0.15) is 32.6 Å². The molecule has 0 radical (unpaired) electrons. The van der Waals surface area contributed by atoms with E-state index in [1.54, 1.807) is 41.1 Å². The standard InChI is InChI=1S/C19H14N2O3S2/c1-2-24-19(23)12-9-15(18(22)17-6-4-8-26-17)21-11-20-13(10-14(12)21)16-5-3-7-25-16/h3-11H,2H2,1H3. The minimum atomic E-state index is -0.446. The number of ether oxygens (including phenoxy) is 1. The molecule has 0 N–H and O–H groups in total. The number of carbonyl (C=O) groups is 2. The van der Waals surface area contributed by atoms with Gasteiger partial charge in [-0.1, -0.05) is 12.1 Å². The average Bonchev–Trinajstić information content (AvgIpc) is 3.41. The number of aromatic nitrogens is 2. The Morgan fingerprint density at radius 1 is 1.15 bits per heavy atom. The quantitative estimate of drug-likeness (QED) is 0.376. The molecule has 0 saturated carbocycles. The minimum Gasteiger partial charge on any atom is -0.462 e. The third-order valence-corrected chi connectivity index (χ3v) is 5.67. The third-order valence-electron chi connectivity index (χ3n) is 3.91. The van der Waals surface area contributed by atoms with Gasteiger partial charge in [0.25, 0.3) is 0 Å². The maximum atomic E-state index is 12.8. The van der Waals surface area contributed by atoms with E-state index in [1.807, 2.05) is 35.0 Å². The summed E-state index contributed by atoms with van der Waals surface area (Å²) in [6.45, 7) is 2.03. The van der Waals surface area contributed by atoms with E-state index in [0.29, 0.717) is 21.7 Å². The van der Waals surface area contributed by atoms with Crippen LogP contribution in [-0.4, -0.2) is 27.7 Å². The Kier molecular flexibility index (Phi) is 4.40. The van der Waals surface area contributed by atoms with Crippen LogP contribution in [0, 0.1) is 0 Å². The number of hydrogen-bond donors (Lipinski definition) is 0. The highest BCUT2D eigenvalue weighted by Crippen LogP contribution is 2.28. The Morgan fingerprint density at radius 2 is 1.96 bits per heavy atom. The molecular formula is C19H14N2O3S2. The van der Waals surface area contributed by atoms with Crippen LogP contribution in [0.5, 0.6) is 0 Å². The zero-order valence-electron chi connectivity index (χ0n) is 13.8. The minimum absolute atomic E-state index is 0.142. The predicted octanol–water partition coefficient (Wildman–Crippen LogP) is 4.53. The first-order chi connectivity index (χ1) is 12.7. The van der Waals surface area contributed by atoms with Gasteiger partial charge in [-0.3, -0.25) is 9.20 Å². The number of ketones is 1. The molecular weight excluding hydrogens is 368 g/mol. The molecule has 7 heteroatoms. The molecule has 0 aliphatic rings. The molecule has 0 unspecified atom stereocenters. The molecule has 4 aromatic heterocycles. The summed E-state index contributed by atoms with van der Waals surface area (Å²) in [5, 5.41) is 3.82. The van der Waals surface area contributed by atoms with E-state index in [2.05, 4.69) is 4.98 Å². The van der Waals surface area contributed by atoms with E-state index >= 15 is 0 Å². The molecule has 5 nitrogen and oxygen atoms in total. The van der Waals surface area contributed by atoms with Gasteiger partial charge in [0.15, 0.2) is 0 Å². The SMILES string of the molecule is CCOC(=O)c1cc(C(=O)c2cccs2)n2cnc(-c3cccs3)cc12. The first-order valence-electron chi connectivity index (χ1n) is 7.99. The van der Waals surface area contributed by atoms with Crippen LogP contribution in [0.25, 0.3) is 16.1 Å². The number of rotatable bonds is 5. The molecule has 4 heterocycles. The van der Waals surface area contributed by atoms with Crippen LogP contribution in [0.2, 0.25) is 0 Å². The van der Waals surface area contributed by atoms with Crippen molar-refractivity contribution in [2.45, 2.75) is 6.92 Å². The second-order valence-corrected chi connectivity index (χ2v) is 7.37. The number of esters is 1. The van der Waals surface area contributed by atoms with E-state index < -0.39 is 5.97 Å². The van der Waals surface area contributed by atoms with Gasteiger partial charge in [-0.25, -0.2) is 9.78 Å². The van der Waals surface area contributed by atoms with Crippen molar-refractivity contribution in [1.82, 2.24) is 9.38 Å². The number of thiophene rings is 2.